The van der Waals surface area contributed by atoms with Gasteiger partial charge in [0.15, 0.2) is 0 Å². The van der Waals surface area contributed by atoms with Gasteiger partial charge in [0, 0.05) is 24.4 Å². The zero-order chi connectivity index (χ0) is 13.7. The van der Waals surface area contributed by atoms with Crippen LogP contribution < -0.4 is 0 Å². The Morgan fingerprint density at radius 1 is 1.50 bits per heavy atom. The molecular formula is C12H15FN2O3. The molecule has 1 heterocycles. The number of pyridine rings is 1. The van der Waals surface area contributed by atoms with Gasteiger partial charge >= 0.3 is 5.97 Å². The van der Waals surface area contributed by atoms with Crippen LogP contribution in [-0.4, -0.2) is 40.0 Å². The summed E-state index contributed by atoms with van der Waals surface area (Å²) in [6.45, 7) is 3.64. The normalized spacial score (nSPS) is 10.4. The molecule has 18 heavy (non-hydrogen) atoms. The maximum absolute atomic E-state index is 12.9. The van der Waals surface area contributed by atoms with E-state index in [1.165, 1.54) is 17.2 Å². The van der Waals surface area contributed by atoms with Crippen LogP contribution in [-0.2, 0) is 4.79 Å². The van der Waals surface area contributed by atoms with Crippen LogP contribution in [0.25, 0.3) is 0 Å². The molecule has 1 N–H and O–H groups in total. The minimum absolute atomic E-state index is 0.101. The summed E-state index contributed by atoms with van der Waals surface area (Å²) in [5.41, 5.74) is 0.101. The molecule has 0 bridgehead atoms. The topological polar surface area (TPSA) is 70.5 Å². The van der Waals surface area contributed by atoms with Crippen LogP contribution in [0.5, 0.6) is 0 Å². The van der Waals surface area contributed by atoms with E-state index in [4.69, 9.17) is 5.11 Å². The number of halogens is 1. The first-order chi connectivity index (χ1) is 8.40. The number of carboxylic acid groups (broad SMARTS) is 1. The van der Waals surface area contributed by atoms with Crippen LogP contribution in [0.4, 0.5) is 4.39 Å². The van der Waals surface area contributed by atoms with E-state index < -0.39 is 24.4 Å². The Morgan fingerprint density at radius 3 is 2.67 bits per heavy atom. The second kappa shape index (κ2) is 6.09. The molecule has 0 radical (unpaired) electrons. The van der Waals surface area contributed by atoms with Gasteiger partial charge in [-0.2, -0.15) is 4.39 Å². The first-order valence-electron chi connectivity index (χ1n) is 5.52. The molecule has 0 aromatic carbocycles. The molecule has 1 aromatic heterocycles. The molecule has 0 saturated heterocycles. The van der Waals surface area contributed by atoms with Gasteiger partial charge < -0.3 is 10.0 Å². The summed E-state index contributed by atoms with van der Waals surface area (Å²) in [6, 6.07) is 2.36. The van der Waals surface area contributed by atoms with Crippen molar-refractivity contribution in [1.82, 2.24) is 9.88 Å². The van der Waals surface area contributed by atoms with Crippen LogP contribution in [0.2, 0.25) is 0 Å². The molecule has 0 atom stereocenters. The highest BCUT2D eigenvalue weighted by molar-refractivity contribution is 5.95. The van der Waals surface area contributed by atoms with Crippen LogP contribution >= 0.6 is 0 Å². The van der Waals surface area contributed by atoms with E-state index >= 15 is 0 Å². The van der Waals surface area contributed by atoms with Gasteiger partial charge in [0.2, 0.25) is 5.95 Å². The van der Waals surface area contributed by atoms with E-state index in [0.717, 1.165) is 6.07 Å². The molecule has 0 aliphatic heterocycles. The zero-order valence-electron chi connectivity index (χ0n) is 10.3. The molecule has 0 unspecified atom stereocenters. The lowest BCUT2D eigenvalue weighted by molar-refractivity contribution is -0.137. The average molecular weight is 254 g/mol. The maximum atomic E-state index is 12.9. The van der Waals surface area contributed by atoms with E-state index in [-0.39, 0.29) is 11.5 Å². The molecule has 0 aliphatic rings. The van der Waals surface area contributed by atoms with E-state index in [9.17, 15) is 14.0 Å². The predicted molar refractivity (Wildman–Crippen MR) is 62.6 cm³/mol. The molecular weight excluding hydrogens is 239 g/mol. The smallest absolute Gasteiger partial charge is 0.323 e. The molecule has 0 fully saturated rings. The van der Waals surface area contributed by atoms with Crippen molar-refractivity contribution in [2.24, 2.45) is 5.92 Å². The number of carbonyl (C=O) groups excluding carboxylic acids is 1. The molecule has 5 nitrogen and oxygen atoms in total. The summed E-state index contributed by atoms with van der Waals surface area (Å²) in [7, 11) is 0. The number of nitrogens with zero attached hydrogens (tertiary/aromatic N) is 2. The molecule has 98 valence electrons. The number of hydrogen-bond acceptors (Lipinski definition) is 3. The quantitative estimate of drug-likeness (QED) is 0.806. The van der Waals surface area contributed by atoms with Gasteiger partial charge in [0.1, 0.15) is 6.54 Å². The van der Waals surface area contributed by atoms with Crippen molar-refractivity contribution in [3.05, 3.63) is 29.8 Å². The maximum Gasteiger partial charge on any atom is 0.323 e. The Morgan fingerprint density at radius 2 is 2.17 bits per heavy atom. The summed E-state index contributed by atoms with van der Waals surface area (Å²) in [5, 5.41) is 8.77. The number of carboxylic acids is 1. The number of carbonyl (C=O) groups is 2. The van der Waals surface area contributed by atoms with Crippen LogP contribution in [0.1, 0.15) is 24.2 Å². The Bertz CT molecular complexity index is 449. The first-order valence-corrected chi connectivity index (χ1v) is 5.52. The fraction of sp³-hybridized carbons (Fsp3) is 0.417. The average Bonchev–Trinajstić information content (AvgIpc) is 2.26. The molecule has 6 heteroatoms. The fourth-order valence-corrected chi connectivity index (χ4v) is 1.54. The number of aromatic nitrogens is 1. The second-order valence-electron chi connectivity index (χ2n) is 4.34. The first kappa shape index (κ1) is 14.1. The lowest BCUT2D eigenvalue weighted by Crippen LogP contribution is -2.38. The Hall–Kier alpha value is -1.98. The highest BCUT2D eigenvalue weighted by Crippen LogP contribution is 2.08. The lowest BCUT2D eigenvalue weighted by atomic mass is 10.1. The van der Waals surface area contributed by atoms with Gasteiger partial charge in [-0.05, 0) is 12.0 Å². The van der Waals surface area contributed by atoms with E-state index in [0.29, 0.717) is 6.54 Å². The van der Waals surface area contributed by atoms with Crippen molar-refractivity contribution in [1.29, 1.82) is 0 Å². The number of hydrogen-bond donors (Lipinski definition) is 1. The highest BCUT2D eigenvalue weighted by atomic mass is 19.1. The van der Waals surface area contributed by atoms with Crippen molar-refractivity contribution in [2.75, 3.05) is 13.1 Å². The number of rotatable bonds is 5. The fourth-order valence-electron chi connectivity index (χ4n) is 1.54. The van der Waals surface area contributed by atoms with E-state index in [1.807, 2.05) is 13.8 Å². The van der Waals surface area contributed by atoms with Crippen molar-refractivity contribution < 1.29 is 19.1 Å². The third-order valence-electron chi connectivity index (χ3n) is 2.17. The van der Waals surface area contributed by atoms with Gasteiger partial charge in [0.05, 0.1) is 0 Å². The Labute approximate surface area is 104 Å². The minimum atomic E-state index is -1.10. The van der Waals surface area contributed by atoms with Crippen molar-refractivity contribution in [3.63, 3.8) is 0 Å². The molecule has 1 amide bonds. The summed E-state index contributed by atoms with van der Waals surface area (Å²) in [6.07, 6.45) is 1.18. The third-order valence-corrected chi connectivity index (χ3v) is 2.17. The molecule has 1 aromatic rings. The SMILES string of the molecule is CC(C)CN(CC(=O)O)C(=O)c1ccnc(F)c1. The lowest BCUT2D eigenvalue weighted by Gasteiger charge is -2.22. The van der Waals surface area contributed by atoms with Crippen molar-refractivity contribution >= 4 is 11.9 Å². The standard InChI is InChI=1S/C12H15FN2O3/c1-8(2)6-15(7-11(16)17)12(18)9-3-4-14-10(13)5-9/h3-5,8H,6-7H2,1-2H3,(H,16,17). The largest absolute Gasteiger partial charge is 0.480 e. The van der Waals surface area contributed by atoms with Crippen LogP contribution in [0.3, 0.4) is 0 Å². The Kier molecular flexibility index (Phi) is 4.76. The second-order valence-corrected chi connectivity index (χ2v) is 4.34. The Balaban J connectivity index is 2.90. The third kappa shape index (κ3) is 4.12. The summed E-state index contributed by atoms with van der Waals surface area (Å²) >= 11 is 0. The van der Waals surface area contributed by atoms with E-state index in [1.54, 1.807) is 0 Å². The predicted octanol–water partition coefficient (Wildman–Crippen LogP) is 1.40. The summed E-state index contributed by atoms with van der Waals surface area (Å²) in [4.78, 5) is 27.3. The number of aliphatic carboxylic acids is 1. The van der Waals surface area contributed by atoms with Gasteiger partial charge in [-0.25, -0.2) is 4.98 Å². The van der Waals surface area contributed by atoms with Crippen molar-refractivity contribution in [3.8, 4) is 0 Å². The monoisotopic (exact) mass is 254 g/mol. The minimum Gasteiger partial charge on any atom is -0.480 e. The van der Waals surface area contributed by atoms with Gasteiger partial charge in [-0.3, -0.25) is 9.59 Å². The number of amides is 1. The molecule has 0 spiro atoms. The van der Waals surface area contributed by atoms with Crippen molar-refractivity contribution in [2.45, 2.75) is 13.8 Å². The summed E-state index contributed by atoms with van der Waals surface area (Å²) < 4.78 is 12.9. The zero-order valence-corrected chi connectivity index (χ0v) is 10.3. The summed E-state index contributed by atoms with van der Waals surface area (Å²) in [5.74, 6) is -2.24. The van der Waals surface area contributed by atoms with E-state index in [2.05, 4.69) is 4.98 Å². The van der Waals surface area contributed by atoms with Gasteiger partial charge in [-0.1, -0.05) is 13.8 Å². The highest BCUT2D eigenvalue weighted by Gasteiger charge is 2.19. The van der Waals surface area contributed by atoms with Crippen LogP contribution in [0.15, 0.2) is 18.3 Å². The van der Waals surface area contributed by atoms with Gasteiger partial charge in [-0.15, -0.1) is 0 Å². The molecule has 0 aliphatic carbocycles. The molecule has 0 saturated carbocycles. The van der Waals surface area contributed by atoms with Gasteiger partial charge in [0.25, 0.3) is 5.91 Å². The molecule has 1 rings (SSSR count). The van der Waals surface area contributed by atoms with Crippen LogP contribution in [0, 0.1) is 11.9 Å².